The van der Waals surface area contributed by atoms with Crippen molar-refractivity contribution < 1.29 is 4.39 Å². The Morgan fingerprint density at radius 1 is 1.29 bits per heavy atom. The lowest BCUT2D eigenvalue weighted by Crippen LogP contribution is -2.43. The SMILES string of the molecule is Fc1cc(CNC2(CCl)CCCC2)ccc1Cl. The fourth-order valence-corrected chi connectivity index (χ4v) is 2.83. The Hall–Kier alpha value is -0.310. The Bertz CT molecular complexity index is 389. The molecule has 0 bridgehead atoms. The van der Waals surface area contributed by atoms with Gasteiger partial charge in [-0.3, -0.25) is 0 Å². The van der Waals surface area contributed by atoms with E-state index in [2.05, 4.69) is 5.32 Å². The highest BCUT2D eigenvalue weighted by molar-refractivity contribution is 6.30. The average molecular weight is 276 g/mol. The molecule has 1 aromatic rings. The van der Waals surface area contributed by atoms with E-state index in [1.807, 2.05) is 6.07 Å². The van der Waals surface area contributed by atoms with Gasteiger partial charge in [-0.05, 0) is 30.5 Å². The summed E-state index contributed by atoms with van der Waals surface area (Å²) in [6, 6.07) is 4.91. The second kappa shape index (κ2) is 5.55. The van der Waals surface area contributed by atoms with Crippen molar-refractivity contribution in [2.75, 3.05) is 5.88 Å². The van der Waals surface area contributed by atoms with Crippen molar-refractivity contribution in [3.8, 4) is 0 Å². The first-order chi connectivity index (χ1) is 8.15. The predicted molar refractivity (Wildman–Crippen MR) is 70.2 cm³/mol. The molecular formula is C13H16Cl2FN. The first kappa shape index (κ1) is 13.1. The number of alkyl halides is 1. The summed E-state index contributed by atoms with van der Waals surface area (Å²) in [7, 11) is 0. The number of hydrogen-bond donors (Lipinski definition) is 1. The quantitative estimate of drug-likeness (QED) is 0.816. The van der Waals surface area contributed by atoms with E-state index in [0.29, 0.717) is 12.4 Å². The zero-order valence-corrected chi connectivity index (χ0v) is 11.1. The lowest BCUT2D eigenvalue weighted by atomic mass is 10.00. The molecule has 1 aromatic carbocycles. The van der Waals surface area contributed by atoms with Crippen molar-refractivity contribution >= 4 is 23.2 Å². The summed E-state index contributed by atoms with van der Waals surface area (Å²) in [4.78, 5) is 0. The Kier molecular flexibility index (Phi) is 4.29. The predicted octanol–water partition coefficient (Wildman–Crippen LogP) is 4.12. The highest BCUT2D eigenvalue weighted by atomic mass is 35.5. The lowest BCUT2D eigenvalue weighted by Gasteiger charge is -2.28. The van der Waals surface area contributed by atoms with E-state index in [1.54, 1.807) is 6.07 Å². The maximum atomic E-state index is 13.3. The van der Waals surface area contributed by atoms with E-state index in [4.69, 9.17) is 23.2 Å². The minimum atomic E-state index is -0.364. The number of nitrogens with one attached hydrogen (secondary N) is 1. The first-order valence-electron chi connectivity index (χ1n) is 5.90. The molecule has 4 heteroatoms. The third-order valence-corrected chi connectivity index (χ3v) is 4.29. The first-order valence-corrected chi connectivity index (χ1v) is 6.81. The lowest BCUT2D eigenvalue weighted by molar-refractivity contribution is 0.367. The standard InChI is InChI=1S/C13H16Cl2FN/c14-9-13(5-1-2-6-13)17-8-10-3-4-11(15)12(16)7-10/h3-4,7,17H,1-2,5-6,8-9H2. The second-order valence-corrected chi connectivity index (χ2v) is 5.40. The number of halogens is 3. The molecule has 0 radical (unpaired) electrons. The minimum Gasteiger partial charge on any atom is -0.306 e. The van der Waals surface area contributed by atoms with E-state index in [1.165, 1.54) is 18.9 Å². The average Bonchev–Trinajstić information content (AvgIpc) is 2.80. The zero-order chi connectivity index (χ0) is 12.3. The van der Waals surface area contributed by atoms with E-state index in [-0.39, 0.29) is 16.4 Å². The summed E-state index contributed by atoms with van der Waals surface area (Å²) in [5.74, 6) is 0.251. The van der Waals surface area contributed by atoms with Crippen LogP contribution in [0.1, 0.15) is 31.2 Å². The van der Waals surface area contributed by atoms with Crippen LogP contribution in [-0.4, -0.2) is 11.4 Å². The topological polar surface area (TPSA) is 12.0 Å². The summed E-state index contributed by atoms with van der Waals surface area (Å²) >= 11 is 11.7. The normalized spacial score (nSPS) is 18.5. The Labute approximate surface area is 111 Å². The van der Waals surface area contributed by atoms with Crippen LogP contribution in [0.5, 0.6) is 0 Å². The van der Waals surface area contributed by atoms with Gasteiger partial charge in [0.05, 0.1) is 5.02 Å². The van der Waals surface area contributed by atoms with Crippen LogP contribution in [0.25, 0.3) is 0 Å². The molecule has 0 spiro atoms. The molecule has 1 saturated carbocycles. The van der Waals surface area contributed by atoms with Gasteiger partial charge in [0, 0.05) is 18.0 Å². The highest BCUT2D eigenvalue weighted by Crippen LogP contribution is 2.31. The summed E-state index contributed by atoms with van der Waals surface area (Å²) < 4.78 is 13.3. The van der Waals surface area contributed by atoms with E-state index < -0.39 is 0 Å². The maximum absolute atomic E-state index is 13.3. The smallest absolute Gasteiger partial charge is 0.142 e. The van der Waals surface area contributed by atoms with Gasteiger partial charge in [0.25, 0.3) is 0 Å². The second-order valence-electron chi connectivity index (χ2n) is 4.72. The molecule has 94 valence electrons. The van der Waals surface area contributed by atoms with Gasteiger partial charge in [0.1, 0.15) is 5.82 Å². The van der Waals surface area contributed by atoms with Crippen LogP contribution in [0.15, 0.2) is 18.2 Å². The summed E-state index contributed by atoms with van der Waals surface area (Å²) in [6.45, 7) is 0.640. The van der Waals surface area contributed by atoms with E-state index in [0.717, 1.165) is 18.4 Å². The third-order valence-electron chi connectivity index (χ3n) is 3.47. The number of rotatable bonds is 4. The molecule has 1 N–H and O–H groups in total. The molecular weight excluding hydrogens is 260 g/mol. The van der Waals surface area contributed by atoms with Crippen LogP contribution < -0.4 is 5.32 Å². The van der Waals surface area contributed by atoms with Gasteiger partial charge < -0.3 is 5.32 Å². The van der Waals surface area contributed by atoms with Gasteiger partial charge in [0.2, 0.25) is 0 Å². The van der Waals surface area contributed by atoms with Crippen molar-refractivity contribution in [1.82, 2.24) is 5.32 Å². The Morgan fingerprint density at radius 3 is 2.59 bits per heavy atom. The van der Waals surface area contributed by atoms with E-state index in [9.17, 15) is 4.39 Å². The Balaban J connectivity index is 1.99. The summed E-state index contributed by atoms with van der Waals surface area (Å²) in [5, 5.41) is 3.63. The Morgan fingerprint density at radius 2 is 2.00 bits per heavy atom. The fraction of sp³-hybridized carbons (Fsp3) is 0.538. The summed E-state index contributed by atoms with van der Waals surface area (Å²) in [5.41, 5.74) is 0.945. The van der Waals surface area contributed by atoms with Crippen LogP contribution in [-0.2, 0) is 6.54 Å². The molecule has 17 heavy (non-hydrogen) atoms. The fourth-order valence-electron chi connectivity index (χ4n) is 2.35. The summed E-state index contributed by atoms with van der Waals surface area (Å²) in [6.07, 6.45) is 4.64. The van der Waals surface area contributed by atoms with Crippen LogP contribution >= 0.6 is 23.2 Å². The van der Waals surface area contributed by atoms with Crippen LogP contribution in [0.4, 0.5) is 4.39 Å². The monoisotopic (exact) mass is 275 g/mol. The molecule has 0 unspecified atom stereocenters. The van der Waals surface area contributed by atoms with Crippen molar-refractivity contribution in [3.05, 3.63) is 34.6 Å². The van der Waals surface area contributed by atoms with Gasteiger partial charge in [0.15, 0.2) is 0 Å². The van der Waals surface area contributed by atoms with Gasteiger partial charge in [-0.2, -0.15) is 0 Å². The molecule has 1 fully saturated rings. The van der Waals surface area contributed by atoms with Gasteiger partial charge in [-0.15, -0.1) is 11.6 Å². The van der Waals surface area contributed by atoms with Crippen molar-refractivity contribution in [2.24, 2.45) is 0 Å². The minimum absolute atomic E-state index is 0.0394. The van der Waals surface area contributed by atoms with E-state index >= 15 is 0 Å². The molecule has 0 saturated heterocycles. The molecule has 0 heterocycles. The molecule has 0 aliphatic heterocycles. The van der Waals surface area contributed by atoms with Gasteiger partial charge in [-0.1, -0.05) is 30.5 Å². The molecule has 2 rings (SSSR count). The molecule has 1 aliphatic rings. The molecule has 0 aromatic heterocycles. The highest BCUT2D eigenvalue weighted by Gasteiger charge is 2.32. The third kappa shape index (κ3) is 3.12. The van der Waals surface area contributed by atoms with Crippen LogP contribution in [0, 0.1) is 5.82 Å². The number of hydrogen-bond acceptors (Lipinski definition) is 1. The maximum Gasteiger partial charge on any atom is 0.142 e. The van der Waals surface area contributed by atoms with Crippen molar-refractivity contribution in [1.29, 1.82) is 0 Å². The van der Waals surface area contributed by atoms with Crippen LogP contribution in [0.3, 0.4) is 0 Å². The largest absolute Gasteiger partial charge is 0.306 e. The molecule has 1 nitrogen and oxygen atoms in total. The molecule has 1 aliphatic carbocycles. The van der Waals surface area contributed by atoms with Gasteiger partial charge >= 0.3 is 0 Å². The van der Waals surface area contributed by atoms with Gasteiger partial charge in [-0.25, -0.2) is 4.39 Å². The molecule has 0 atom stereocenters. The van der Waals surface area contributed by atoms with Crippen molar-refractivity contribution in [2.45, 2.75) is 37.8 Å². The number of benzene rings is 1. The molecule has 0 amide bonds. The van der Waals surface area contributed by atoms with Crippen LogP contribution in [0.2, 0.25) is 5.02 Å². The zero-order valence-electron chi connectivity index (χ0n) is 9.61. The van der Waals surface area contributed by atoms with Crippen molar-refractivity contribution in [3.63, 3.8) is 0 Å².